The molecule has 0 aromatic heterocycles. The molecule has 1 aliphatic rings. The van der Waals surface area contributed by atoms with Crippen molar-refractivity contribution in [1.29, 1.82) is 0 Å². The van der Waals surface area contributed by atoms with E-state index < -0.39 is 5.60 Å². The van der Waals surface area contributed by atoms with Crippen LogP contribution in [0, 0.1) is 5.92 Å². The van der Waals surface area contributed by atoms with E-state index in [-0.39, 0.29) is 6.09 Å². The van der Waals surface area contributed by atoms with Gasteiger partial charge in [-0.05, 0) is 46.7 Å². The Hall–Kier alpha value is -0.770. The first-order valence-electron chi connectivity index (χ1n) is 5.90. The number of nitrogens with zero attached hydrogens (tertiary/aromatic N) is 2. The summed E-state index contributed by atoms with van der Waals surface area (Å²) in [6.45, 7) is 8.67. The van der Waals surface area contributed by atoms with E-state index in [9.17, 15) is 4.79 Å². The molecular weight excluding hydrogens is 204 g/mol. The van der Waals surface area contributed by atoms with E-state index in [2.05, 4.69) is 11.9 Å². The Labute approximate surface area is 98.5 Å². The molecule has 0 N–H and O–H groups in total. The van der Waals surface area contributed by atoms with E-state index in [0.29, 0.717) is 5.92 Å². The van der Waals surface area contributed by atoms with Gasteiger partial charge in [0.1, 0.15) is 5.60 Å². The van der Waals surface area contributed by atoms with Crippen molar-refractivity contribution < 1.29 is 9.53 Å². The fourth-order valence-electron chi connectivity index (χ4n) is 1.98. The summed E-state index contributed by atoms with van der Waals surface area (Å²) in [6, 6.07) is 0. The Morgan fingerprint density at radius 2 is 2.12 bits per heavy atom. The van der Waals surface area contributed by atoms with Crippen molar-refractivity contribution >= 4 is 6.09 Å². The quantitative estimate of drug-likeness (QED) is 0.722. The van der Waals surface area contributed by atoms with Crippen molar-refractivity contribution in [3.63, 3.8) is 0 Å². The highest BCUT2D eigenvalue weighted by molar-refractivity contribution is 5.67. The van der Waals surface area contributed by atoms with Gasteiger partial charge in [0, 0.05) is 20.1 Å². The molecule has 1 amide bonds. The van der Waals surface area contributed by atoms with E-state index in [0.717, 1.165) is 19.6 Å². The van der Waals surface area contributed by atoms with Crippen LogP contribution in [0.5, 0.6) is 0 Å². The van der Waals surface area contributed by atoms with Crippen molar-refractivity contribution in [2.45, 2.75) is 32.8 Å². The van der Waals surface area contributed by atoms with Crippen LogP contribution in [-0.4, -0.2) is 55.2 Å². The van der Waals surface area contributed by atoms with Crippen molar-refractivity contribution in [1.82, 2.24) is 9.80 Å². The molecule has 4 heteroatoms. The largest absolute Gasteiger partial charge is 0.444 e. The van der Waals surface area contributed by atoms with E-state index in [4.69, 9.17) is 4.74 Å². The van der Waals surface area contributed by atoms with Crippen molar-refractivity contribution in [2.75, 3.05) is 33.7 Å². The number of amides is 1. The van der Waals surface area contributed by atoms with Crippen molar-refractivity contribution in [3.05, 3.63) is 0 Å². The Kier molecular flexibility index (Phi) is 4.19. The van der Waals surface area contributed by atoms with E-state index in [1.165, 1.54) is 6.42 Å². The summed E-state index contributed by atoms with van der Waals surface area (Å²) in [5.74, 6) is 0.586. The Morgan fingerprint density at radius 3 is 2.56 bits per heavy atom. The van der Waals surface area contributed by atoms with E-state index >= 15 is 0 Å². The monoisotopic (exact) mass is 228 g/mol. The SMILES string of the molecule is CN1CC[C@H](CN(C)C(=O)OC(C)(C)C)C1. The van der Waals surface area contributed by atoms with Crippen LogP contribution in [0.3, 0.4) is 0 Å². The number of rotatable bonds is 2. The van der Waals surface area contributed by atoms with Gasteiger partial charge in [-0.25, -0.2) is 4.79 Å². The third-order valence-corrected chi connectivity index (χ3v) is 2.73. The molecule has 94 valence electrons. The molecule has 1 heterocycles. The standard InChI is InChI=1S/C12H24N2O2/c1-12(2,3)16-11(15)14(5)9-10-6-7-13(4)8-10/h10H,6-9H2,1-5H3/t10-/m0/s1. The second-order valence-corrected chi connectivity index (χ2v) is 5.78. The van der Waals surface area contributed by atoms with Gasteiger partial charge in [0.05, 0.1) is 0 Å². The summed E-state index contributed by atoms with van der Waals surface area (Å²) < 4.78 is 5.31. The molecule has 0 saturated carbocycles. The third kappa shape index (κ3) is 4.39. The van der Waals surface area contributed by atoms with Crippen molar-refractivity contribution in [3.8, 4) is 0 Å². The third-order valence-electron chi connectivity index (χ3n) is 2.73. The molecule has 16 heavy (non-hydrogen) atoms. The maximum Gasteiger partial charge on any atom is 0.410 e. The fourth-order valence-corrected chi connectivity index (χ4v) is 1.98. The molecule has 4 nitrogen and oxygen atoms in total. The lowest BCUT2D eigenvalue weighted by Crippen LogP contribution is -2.37. The zero-order valence-corrected chi connectivity index (χ0v) is 11.1. The Balaban J connectivity index is 2.34. The molecule has 1 fully saturated rings. The minimum Gasteiger partial charge on any atom is -0.444 e. The molecule has 0 aromatic carbocycles. The molecule has 0 aromatic rings. The minimum atomic E-state index is -0.405. The molecule has 1 saturated heterocycles. The second kappa shape index (κ2) is 5.04. The Morgan fingerprint density at radius 1 is 1.50 bits per heavy atom. The summed E-state index contributed by atoms with van der Waals surface area (Å²) in [4.78, 5) is 15.7. The smallest absolute Gasteiger partial charge is 0.410 e. The van der Waals surface area contributed by atoms with Gasteiger partial charge in [-0.3, -0.25) is 0 Å². The molecule has 0 aliphatic carbocycles. The van der Waals surface area contributed by atoms with Gasteiger partial charge in [-0.15, -0.1) is 0 Å². The summed E-state index contributed by atoms with van der Waals surface area (Å²) in [5.41, 5.74) is -0.405. The summed E-state index contributed by atoms with van der Waals surface area (Å²) in [5, 5.41) is 0. The summed E-state index contributed by atoms with van der Waals surface area (Å²) >= 11 is 0. The van der Waals surface area contributed by atoms with Crippen molar-refractivity contribution in [2.24, 2.45) is 5.92 Å². The minimum absolute atomic E-state index is 0.220. The number of hydrogen-bond donors (Lipinski definition) is 0. The van der Waals surface area contributed by atoms with Crippen LogP contribution in [0.25, 0.3) is 0 Å². The van der Waals surface area contributed by atoms with Crippen LogP contribution in [0.15, 0.2) is 0 Å². The molecule has 1 atom stereocenters. The molecule has 1 aliphatic heterocycles. The van der Waals surface area contributed by atoms with E-state index in [1.54, 1.807) is 4.90 Å². The lowest BCUT2D eigenvalue weighted by Gasteiger charge is -2.26. The average molecular weight is 228 g/mol. The number of likely N-dealkylation sites (tertiary alicyclic amines) is 1. The van der Waals surface area contributed by atoms with Gasteiger partial charge in [0.2, 0.25) is 0 Å². The number of ether oxygens (including phenoxy) is 1. The van der Waals surface area contributed by atoms with Crippen LogP contribution in [0.4, 0.5) is 4.79 Å². The number of carbonyl (C=O) groups is 1. The zero-order valence-electron chi connectivity index (χ0n) is 11.1. The average Bonchev–Trinajstić information content (AvgIpc) is 2.48. The molecule has 0 spiro atoms. The first-order valence-corrected chi connectivity index (χ1v) is 5.90. The maximum absolute atomic E-state index is 11.7. The highest BCUT2D eigenvalue weighted by Gasteiger charge is 2.25. The normalized spacial score (nSPS) is 22.2. The van der Waals surface area contributed by atoms with Gasteiger partial charge in [-0.2, -0.15) is 0 Å². The fraction of sp³-hybridized carbons (Fsp3) is 0.917. The topological polar surface area (TPSA) is 32.8 Å². The first kappa shape index (κ1) is 13.3. The molecule has 0 unspecified atom stereocenters. The Bertz CT molecular complexity index is 248. The van der Waals surface area contributed by atoms with Crippen LogP contribution in [0.1, 0.15) is 27.2 Å². The number of carbonyl (C=O) groups excluding carboxylic acids is 1. The van der Waals surface area contributed by atoms with Crippen LogP contribution >= 0.6 is 0 Å². The predicted octanol–water partition coefficient (Wildman–Crippen LogP) is 1.80. The summed E-state index contributed by atoms with van der Waals surface area (Å²) in [6.07, 6.45) is 0.950. The summed E-state index contributed by atoms with van der Waals surface area (Å²) in [7, 11) is 3.93. The van der Waals surface area contributed by atoms with Crippen LogP contribution in [-0.2, 0) is 4.74 Å². The lowest BCUT2D eigenvalue weighted by atomic mass is 10.1. The molecular formula is C12H24N2O2. The second-order valence-electron chi connectivity index (χ2n) is 5.78. The highest BCUT2D eigenvalue weighted by atomic mass is 16.6. The van der Waals surface area contributed by atoms with Crippen LogP contribution < -0.4 is 0 Å². The van der Waals surface area contributed by atoms with Gasteiger partial charge < -0.3 is 14.5 Å². The predicted molar refractivity (Wildman–Crippen MR) is 64.5 cm³/mol. The maximum atomic E-state index is 11.7. The van der Waals surface area contributed by atoms with Crippen LogP contribution in [0.2, 0.25) is 0 Å². The number of hydrogen-bond acceptors (Lipinski definition) is 3. The van der Waals surface area contributed by atoms with Gasteiger partial charge in [0.15, 0.2) is 0 Å². The molecule has 1 rings (SSSR count). The van der Waals surface area contributed by atoms with E-state index in [1.807, 2.05) is 27.8 Å². The zero-order chi connectivity index (χ0) is 12.3. The molecule has 0 bridgehead atoms. The highest BCUT2D eigenvalue weighted by Crippen LogP contribution is 2.16. The van der Waals surface area contributed by atoms with Gasteiger partial charge >= 0.3 is 6.09 Å². The molecule has 0 radical (unpaired) electrons. The van der Waals surface area contributed by atoms with Gasteiger partial charge in [-0.1, -0.05) is 0 Å². The first-order chi connectivity index (χ1) is 7.28. The van der Waals surface area contributed by atoms with Gasteiger partial charge in [0.25, 0.3) is 0 Å². The lowest BCUT2D eigenvalue weighted by molar-refractivity contribution is 0.0275.